The minimum absolute atomic E-state index is 0.0591. The summed E-state index contributed by atoms with van der Waals surface area (Å²) in [7, 11) is 0. The summed E-state index contributed by atoms with van der Waals surface area (Å²) in [6.07, 6.45) is 1.97. The Balaban J connectivity index is 1.59. The van der Waals surface area contributed by atoms with Gasteiger partial charge in [-0.25, -0.2) is 0 Å². The monoisotopic (exact) mass is 578 g/mol. The fraction of sp³-hybridized carbons (Fsp3) is 0.370. The molecule has 206 valence electrons. The van der Waals surface area contributed by atoms with Crippen molar-refractivity contribution in [3.63, 3.8) is 0 Å². The van der Waals surface area contributed by atoms with Crippen molar-refractivity contribution in [2.24, 2.45) is 0 Å². The number of alkyl halides is 3. The Bertz CT molecular complexity index is 1340. The van der Waals surface area contributed by atoms with E-state index < -0.39 is 23.6 Å². The van der Waals surface area contributed by atoms with Gasteiger partial charge in [0.25, 0.3) is 5.91 Å². The molecule has 0 spiro atoms. The molecule has 1 aliphatic heterocycles. The molecule has 1 saturated carbocycles. The number of allylic oxidation sites excluding steroid dienone is 2. The summed E-state index contributed by atoms with van der Waals surface area (Å²) in [6.45, 7) is 1.61. The van der Waals surface area contributed by atoms with E-state index in [4.69, 9.17) is 16.0 Å². The van der Waals surface area contributed by atoms with Crippen LogP contribution in [0.3, 0.4) is 0 Å². The zero-order valence-corrected chi connectivity index (χ0v) is 22.5. The zero-order valence-electron chi connectivity index (χ0n) is 21.0. The van der Waals surface area contributed by atoms with E-state index in [-0.39, 0.29) is 45.3 Å². The van der Waals surface area contributed by atoms with E-state index in [1.807, 2.05) is 0 Å². The number of amides is 2. The average Bonchev–Trinajstić information content (AvgIpc) is 3.43. The molecule has 1 atom stereocenters. The average molecular weight is 579 g/mol. The Morgan fingerprint density at radius 3 is 2.62 bits per heavy atom. The molecule has 2 amide bonds. The minimum Gasteiger partial charge on any atom is -0.468 e. The quantitative estimate of drug-likeness (QED) is 0.348. The van der Waals surface area contributed by atoms with Crippen LogP contribution < -0.4 is 16.0 Å². The van der Waals surface area contributed by atoms with Crippen LogP contribution in [0.25, 0.3) is 0 Å². The van der Waals surface area contributed by atoms with E-state index >= 15 is 0 Å². The lowest BCUT2D eigenvalue weighted by atomic mass is 9.85. The van der Waals surface area contributed by atoms with Gasteiger partial charge >= 0.3 is 6.18 Å². The first-order valence-electron chi connectivity index (χ1n) is 12.3. The highest BCUT2D eigenvalue weighted by Gasteiger charge is 2.37. The smallest absolute Gasteiger partial charge is 0.416 e. The molecule has 39 heavy (non-hydrogen) atoms. The van der Waals surface area contributed by atoms with Crippen LogP contribution in [0.5, 0.6) is 0 Å². The maximum Gasteiger partial charge on any atom is 0.416 e. The van der Waals surface area contributed by atoms with Crippen LogP contribution in [0.2, 0.25) is 5.02 Å². The van der Waals surface area contributed by atoms with Crippen molar-refractivity contribution in [3.05, 3.63) is 74.8 Å². The maximum absolute atomic E-state index is 13.5. The second kappa shape index (κ2) is 12.2. The van der Waals surface area contributed by atoms with Gasteiger partial charge in [0.1, 0.15) is 5.76 Å². The number of anilines is 1. The first kappa shape index (κ1) is 28.6. The van der Waals surface area contributed by atoms with Crippen LogP contribution in [0.15, 0.2) is 62.9 Å². The highest BCUT2D eigenvalue weighted by molar-refractivity contribution is 8.03. The molecular weight excluding hydrogens is 553 g/mol. The summed E-state index contributed by atoms with van der Waals surface area (Å²) >= 11 is 7.22. The lowest BCUT2D eigenvalue weighted by molar-refractivity contribution is -0.137. The van der Waals surface area contributed by atoms with E-state index in [0.717, 1.165) is 55.6 Å². The molecular formula is C27H26ClF3N4O3S. The van der Waals surface area contributed by atoms with Crippen molar-refractivity contribution < 1.29 is 27.2 Å². The van der Waals surface area contributed by atoms with Gasteiger partial charge < -0.3 is 20.4 Å². The van der Waals surface area contributed by atoms with Gasteiger partial charge in [-0.2, -0.15) is 18.4 Å². The van der Waals surface area contributed by atoms with Gasteiger partial charge in [0.05, 0.1) is 56.5 Å². The van der Waals surface area contributed by atoms with Gasteiger partial charge in [0, 0.05) is 11.7 Å². The van der Waals surface area contributed by atoms with Crippen molar-refractivity contribution in [1.82, 2.24) is 10.6 Å². The Morgan fingerprint density at radius 1 is 1.23 bits per heavy atom. The Labute approximate surface area is 232 Å². The van der Waals surface area contributed by atoms with E-state index in [9.17, 15) is 28.0 Å². The number of nitriles is 1. The van der Waals surface area contributed by atoms with Crippen molar-refractivity contribution in [2.75, 3.05) is 11.1 Å². The number of furan rings is 1. The van der Waals surface area contributed by atoms with Gasteiger partial charge in [-0.1, -0.05) is 42.6 Å². The lowest BCUT2D eigenvalue weighted by Gasteiger charge is -2.28. The number of nitrogens with one attached hydrogen (secondary N) is 3. The summed E-state index contributed by atoms with van der Waals surface area (Å²) in [5.74, 6) is -1.52. The fourth-order valence-electron chi connectivity index (χ4n) is 4.71. The summed E-state index contributed by atoms with van der Waals surface area (Å²) in [6, 6.07) is 8.10. The van der Waals surface area contributed by atoms with Gasteiger partial charge in [-0.3, -0.25) is 9.59 Å². The molecule has 2 heterocycles. The molecule has 1 unspecified atom stereocenters. The first-order valence-corrected chi connectivity index (χ1v) is 13.7. The number of halogens is 4. The van der Waals surface area contributed by atoms with Crippen molar-refractivity contribution >= 4 is 40.9 Å². The summed E-state index contributed by atoms with van der Waals surface area (Å²) in [5.41, 5.74) is -0.624. The van der Waals surface area contributed by atoms with Crippen molar-refractivity contribution in [2.45, 2.75) is 57.2 Å². The van der Waals surface area contributed by atoms with E-state index in [2.05, 4.69) is 22.0 Å². The third-order valence-corrected chi connectivity index (χ3v) is 7.93. The number of hydrogen-bond acceptors (Lipinski definition) is 6. The SMILES string of the molecule is CC1=C(C(=O)Nc2cc(C(F)(F)F)ccc2Cl)C(c2ccco2)C(C#N)=C(SCC(=O)NC2CCCCC2)N1. The lowest BCUT2D eigenvalue weighted by Crippen LogP contribution is -2.37. The Hall–Kier alpha value is -3.36. The van der Waals surface area contributed by atoms with Gasteiger partial charge in [-0.05, 0) is 50.1 Å². The molecule has 1 aromatic carbocycles. The molecule has 1 aromatic heterocycles. The normalized spacial score (nSPS) is 18.4. The number of carbonyl (C=O) groups excluding carboxylic acids is 2. The van der Waals surface area contributed by atoms with Crippen molar-refractivity contribution in [3.8, 4) is 6.07 Å². The molecule has 0 saturated heterocycles. The summed E-state index contributed by atoms with van der Waals surface area (Å²) in [5, 5.41) is 18.9. The van der Waals surface area contributed by atoms with Crippen LogP contribution in [-0.4, -0.2) is 23.6 Å². The molecule has 2 aromatic rings. The first-order chi connectivity index (χ1) is 18.6. The van der Waals surface area contributed by atoms with Crippen LogP contribution in [0.4, 0.5) is 18.9 Å². The van der Waals surface area contributed by atoms with Crippen LogP contribution in [-0.2, 0) is 15.8 Å². The number of dihydropyridines is 1. The number of benzene rings is 1. The van der Waals surface area contributed by atoms with E-state index in [1.165, 1.54) is 12.7 Å². The molecule has 4 rings (SSSR count). The summed E-state index contributed by atoms with van der Waals surface area (Å²) in [4.78, 5) is 26.1. The molecule has 12 heteroatoms. The number of hydrogen-bond donors (Lipinski definition) is 3. The summed E-state index contributed by atoms with van der Waals surface area (Å²) < 4.78 is 45.3. The number of rotatable bonds is 7. The third-order valence-electron chi connectivity index (χ3n) is 6.58. The third kappa shape index (κ3) is 6.81. The molecule has 3 N–H and O–H groups in total. The highest BCUT2D eigenvalue weighted by atomic mass is 35.5. The topological polar surface area (TPSA) is 107 Å². The highest BCUT2D eigenvalue weighted by Crippen LogP contribution is 2.42. The maximum atomic E-state index is 13.5. The van der Waals surface area contributed by atoms with Crippen LogP contribution in [0, 0.1) is 11.3 Å². The fourth-order valence-corrected chi connectivity index (χ4v) is 5.78. The van der Waals surface area contributed by atoms with Gasteiger partial charge in [-0.15, -0.1) is 0 Å². The van der Waals surface area contributed by atoms with Crippen molar-refractivity contribution in [1.29, 1.82) is 5.26 Å². The predicted molar refractivity (Wildman–Crippen MR) is 142 cm³/mol. The number of thioether (sulfide) groups is 1. The van der Waals surface area contributed by atoms with Crippen LogP contribution >= 0.6 is 23.4 Å². The molecule has 1 fully saturated rings. The standard InChI is InChI=1S/C27H26ClF3N4O3S/c1-15-23(25(37)35-20-12-16(27(29,30)31)9-10-19(20)28)24(21-8-5-11-38-21)18(13-32)26(33-15)39-14-22(36)34-17-6-3-2-4-7-17/h5,8-12,17,24,33H,2-4,6-7,14H2,1H3,(H,34,36)(H,35,37). The van der Waals surface area contributed by atoms with Gasteiger partial charge in [0.15, 0.2) is 0 Å². The second-order valence-corrected chi connectivity index (χ2v) is 10.7. The van der Waals surface area contributed by atoms with E-state index in [0.29, 0.717) is 10.7 Å². The predicted octanol–water partition coefficient (Wildman–Crippen LogP) is 6.47. The van der Waals surface area contributed by atoms with Gasteiger partial charge in [0.2, 0.25) is 5.91 Å². The molecule has 2 aliphatic rings. The van der Waals surface area contributed by atoms with Crippen LogP contribution in [0.1, 0.15) is 56.3 Å². The number of carbonyl (C=O) groups is 2. The zero-order chi connectivity index (χ0) is 28.2. The Kier molecular flexibility index (Phi) is 8.97. The number of nitrogens with zero attached hydrogens (tertiary/aromatic N) is 1. The largest absolute Gasteiger partial charge is 0.468 e. The molecule has 1 aliphatic carbocycles. The minimum atomic E-state index is -4.63. The molecule has 0 radical (unpaired) electrons. The molecule has 0 bridgehead atoms. The Morgan fingerprint density at radius 2 is 1.97 bits per heavy atom. The second-order valence-electron chi connectivity index (χ2n) is 9.30. The van der Waals surface area contributed by atoms with E-state index in [1.54, 1.807) is 19.1 Å². The molecule has 7 nitrogen and oxygen atoms in total.